The molecule has 0 spiro atoms. The fourth-order valence-corrected chi connectivity index (χ4v) is 9.40. The molecule has 1 heterocycles. The number of ether oxygens (including phenoxy) is 1. The summed E-state index contributed by atoms with van der Waals surface area (Å²) in [5.41, 5.74) is 4.70. The van der Waals surface area contributed by atoms with E-state index in [9.17, 15) is 14.4 Å². The van der Waals surface area contributed by atoms with Gasteiger partial charge < -0.3 is 4.74 Å². The van der Waals surface area contributed by atoms with E-state index in [1.165, 1.54) is 11.3 Å². The first kappa shape index (κ1) is 24.3. The van der Waals surface area contributed by atoms with Crippen LogP contribution in [0.5, 0.6) is 0 Å². The predicted octanol–water partition coefficient (Wildman–Crippen LogP) is 6.59. The van der Waals surface area contributed by atoms with Crippen LogP contribution >= 0.6 is 31.9 Å². The zero-order chi connectivity index (χ0) is 26.2. The van der Waals surface area contributed by atoms with E-state index in [1.54, 1.807) is 24.3 Å². The standard InChI is InChI=1S/C31H25Br2NO4/c32-30-21-13-4-5-14-22(21)31(33,24-16-7-6-15-23(24)30)26-25(30)27(35)34(28(26)36)19-10-8-9-18(17-19)29(37)38-20-11-2-1-3-12-20/h4-10,13-17,20,25-26H,1-3,11-12H2/t25-,26+,30?,31?. The van der Waals surface area contributed by atoms with Crippen LogP contribution < -0.4 is 4.90 Å². The van der Waals surface area contributed by atoms with Gasteiger partial charge in [0.1, 0.15) is 6.10 Å². The van der Waals surface area contributed by atoms with Gasteiger partial charge in [-0.15, -0.1) is 0 Å². The Morgan fingerprint density at radius 1 is 0.737 bits per heavy atom. The van der Waals surface area contributed by atoms with E-state index >= 15 is 0 Å². The molecule has 0 aromatic heterocycles. The Morgan fingerprint density at radius 2 is 1.24 bits per heavy atom. The first-order valence-electron chi connectivity index (χ1n) is 13.1. The maximum atomic E-state index is 14.2. The summed E-state index contributed by atoms with van der Waals surface area (Å²) in [6.07, 6.45) is 4.96. The van der Waals surface area contributed by atoms with Crippen molar-refractivity contribution in [2.75, 3.05) is 4.90 Å². The van der Waals surface area contributed by atoms with Crippen molar-refractivity contribution in [2.24, 2.45) is 11.8 Å². The molecule has 8 rings (SSSR count). The Morgan fingerprint density at radius 3 is 1.74 bits per heavy atom. The topological polar surface area (TPSA) is 63.7 Å². The van der Waals surface area contributed by atoms with Gasteiger partial charge in [-0.2, -0.15) is 0 Å². The fourth-order valence-electron chi connectivity index (χ4n) is 7.10. The number of nitrogens with zero attached hydrogens (tertiary/aromatic N) is 1. The summed E-state index contributed by atoms with van der Waals surface area (Å²) in [6.45, 7) is 0. The first-order valence-corrected chi connectivity index (χ1v) is 14.7. The third kappa shape index (κ3) is 3.12. The molecule has 5 nitrogen and oxygen atoms in total. The summed E-state index contributed by atoms with van der Waals surface area (Å²) >= 11 is 8.06. The van der Waals surface area contributed by atoms with E-state index < -0.39 is 26.5 Å². The summed E-state index contributed by atoms with van der Waals surface area (Å²) < 4.78 is 4.07. The lowest BCUT2D eigenvalue weighted by Gasteiger charge is -2.55. The molecular weight excluding hydrogens is 610 g/mol. The number of hydrogen-bond acceptors (Lipinski definition) is 4. The number of esters is 1. The van der Waals surface area contributed by atoms with E-state index in [0.29, 0.717) is 11.3 Å². The van der Waals surface area contributed by atoms with Gasteiger partial charge in [-0.3, -0.25) is 9.59 Å². The minimum Gasteiger partial charge on any atom is -0.459 e. The second-order valence-corrected chi connectivity index (χ2v) is 13.2. The van der Waals surface area contributed by atoms with Gasteiger partial charge in [0.05, 0.1) is 31.7 Å². The number of amides is 2. The molecule has 1 aliphatic heterocycles. The van der Waals surface area contributed by atoms with E-state index in [2.05, 4.69) is 31.9 Å². The quantitative estimate of drug-likeness (QED) is 0.185. The third-order valence-electron chi connectivity index (χ3n) is 8.75. The fraction of sp³-hybridized carbons (Fsp3) is 0.323. The van der Waals surface area contributed by atoms with Crippen LogP contribution in [-0.4, -0.2) is 23.9 Å². The van der Waals surface area contributed by atoms with Crippen LogP contribution in [-0.2, 0) is 23.0 Å². The Labute approximate surface area is 237 Å². The number of hydrogen-bond donors (Lipinski definition) is 0. The molecule has 2 bridgehead atoms. The second-order valence-electron chi connectivity index (χ2n) is 10.7. The molecule has 2 amide bonds. The largest absolute Gasteiger partial charge is 0.459 e. The second kappa shape index (κ2) is 8.62. The molecule has 3 aromatic carbocycles. The summed E-state index contributed by atoms with van der Waals surface area (Å²) in [5.74, 6) is -2.27. The zero-order valence-corrected chi connectivity index (χ0v) is 23.7. The Bertz CT molecular complexity index is 1390. The van der Waals surface area contributed by atoms with E-state index in [0.717, 1.165) is 47.9 Å². The molecule has 4 aliphatic carbocycles. The molecular formula is C31H25Br2NO4. The van der Waals surface area contributed by atoms with Crippen molar-refractivity contribution in [3.8, 4) is 0 Å². The maximum Gasteiger partial charge on any atom is 0.338 e. The predicted molar refractivity (Wildman–Crippen MR) is 151 cm³/mol. The van der Waals surface area contributed by atoms with Crippen molar-refractivity contribution in [1.82, 2.24) is 0 Å². The van der Waals surface area contributed by atoms with Crippen LogP contribution in [0.1, 0.15) is 64.7 Å². The van der Waals surface area contributed by atoms with Crippen LogP contribution in [0.15, 0.2) is 72.8 Å². The first-order chi connectivity index (χ1) is 18.4. The van der Waals surface area contributed by atoms with Crippen molar-refractivity contribution in [3.63, 3.8) is 0 Å². The highest BCUT2D eigenvalue weighted by Crippen LogP contribution is 2.70. The minimum atomic E-state index is -0.848. The molecule has 192 valence electrons. The molecule has 0 N–H and O–H groups in total. The average molecular weight is 635 g/mol. The number of benzene rings is 3. The molecule has 2 fully saturated rings. The number of carbonyl (C=O) groups is 3. The average Bonchev–Trinajstić information content (AvgIpc) is 3.23. The van der Waals surface area contributed by atoms with E-state index in [4.69, 9.17) is 4.74 Å². The van der Waals surface area contributed by atoms with Crippen LogP contribution in [0.3, 0.4) is 0 Å². The molecule has 38 heavy (non-hydrogen) atoms. The Hall–Kier alpha value is -2.77. The Balaban J connectivity index is 1.31. The molecule has 3 aromatic rings. The SMILES string of the molecule is O=C(OC1CCCCC1)c1cccc(N2C(=O)[C@@H]3[C@H](C2=O)C2(Br)c4ccccc4C3(Br)c3ccccc32)c1. The number of anilines is 1. The zero-order valence-electron chi connectivity index (χ0n) is 20.5. The van der Waals surface area contributed by atoms with Gasteiger partial charge in [0.25, 0.3) is 0 Å². The van der Waals surface area contributed by atoms with Gasteiger partial charge in [0, 0.05) is 0 Å². The summed E-state index contributed by atoms with van der Waals surface area (Å²) in [5, 5.41) is 0. The highest BCUT2D eigenvalue weighted by atomic mass is 79.9. The van der Waals surface area contributed by atoms with Crippen molar-refractivity contribution < 1.29 is 19.1 Å². The smallest absolute Gasteiger partial charge is 0.338 e. The summed E-state index contributed by atoms with van der Waals surface area (Å²) in [4.78, 5) is 42.7. The molecule has 0 radical (unpaired) electrons. The van der Waals surface area contributed by atoms with Gasteiger partial charge in [0.2, 0.25) is 11.8 Å². The van der Waals surface area contributed by atoms with Crippen LogP contribution in [0.4, 0.5) is 5.69 Å². The van der Waals surface area contributed by atoms with Crippen LogP contribution in [0, 0.1) is 11.8 Å². The molecule has 2 atom stereocenters. The summed E-state index contributed by atoms with van der Waals surface area (Å²) in [6, 6.07) is 22.7. The molecule has 1 saturated heterocycles. The van der Waals surface area contributed by atoms with Crippen molar-refractivity contribution in [3.05, 3.63) is 101 Å². The van der Waals surface area contributed by atoms with Gasteiger partial charge in [0.15, 0.2) is 0 Å². The van der Waals surface area contributed by atoms with E-state index in [-0.39, 0.29) is 17.9 Å². The highest BCUT2D eigenvalue weighted by molar-refractivity contribution is 9.10. The minimum absolute atomic E-state index is 0.0769. The van der Waals surface area contributed by atoms with Gasteiger partial charge in [-0.05, 0) is 66.1 Å². The van der Waals surface area contributed by atoms with Crippen molar-refractivity contribution in [1.29, 1.82) is 0 Å². The number of halogens is 2. The van der Waals surface area contributed by atoms with Crippen LogP contribution in [0.25, 0.3) is 0 Å². The van der Waals surface area contributed by atoms with E-state index in [1.807, 2.05) is 48.5 Å². The van der Waals surface area contributed by atoms with Gasteiger partial charge >= 0.3 is 5.97 Å². The molecule has 5 aliphatic rings. The monoisotopic (exact) mass is 633 g/mol. The number of imide groups is 1. The van der Waals surface area contributed by atoms with Gasteiger partial charge in [-0.1, -0.05) is 92.9 Å². The van der Waals surface area contributed by atoms with Gasteiger partial charge in [-0.25, -0.2) is 9.69 Å². The lowest BCUT2D eigenvalue weighted by Crippen LogP contribution is -2.56. The lowest BCUT2D eigenvalue weighted by atomic mass is 9.54. The number of carbonyl (C=O) groups excluding carboxylic acids is 3. The summed E-state index contributed by atoms with van der Waals surface area (Å²) in [7, 11) is 0. The van der Waals surface area contributed by atoms with Crippen molar-refractivity contribution >= 4 is 55.3 Å². The third-order valence-corrected chi connectivity index (χ3v) is 11.4. The molecule has 7 heteroatoms. The number of rotatable bonds is 3. The van der Waals surface area contributed by atoms with Crippen molar-refractivity contribution in [2.45, 2.75) is 46.9 Å². The Kier molecular flexibility index (Phi) is 5.51. The highest BCUT2D eigenvalue weighted by Gasteiger charge is 2.72. The molecule has 0 unspecified atom stereocenters. The maximum absolute atomic E-state index is 14.2. The van der Waals surface area contributed by atoms with Crippen LogP contribution in [0.2, 0.25) is 0 Å². The lowest BCUT2D eigenvalue weighted by molar-refractivity contribution is -0.122. The molecule has 1 saturated carbocycles. The normalized spacial score (nSPS) is 29.6. The number of alkyl halides is 2.